The molecule has 2 aromatic carbocycles. The highest BCUT2D eigenvalue weighted by Crippen LogP contribution is 2.31. The van der Waals surface area contributed by atoms with Gasteiger partial charge in [-0.15, -0.1) is 0 Å². The van der Waals surface area contributed by atoms with Crippen LogP contribution in [0, 0.1) is 12.8 Å². The lowest BCUT2D eigenvalue weighted by molar-refractivity contribution is -0.134. The number of amides is 1. The summed E-state index contributed by atoms with van der Waals surface area (Å²) < 4.78 is 0. The summed E-state index contributed by atoms with van der Waals surface area (Å²) in [5.74, 6) is 0.279. The number of hydrogen-bond donors (Lipinski definition) is 3. The third kappa shape index (κ3) is 3.26. The Morgan fingerprint density at radius 2 is 1.85 bits per heavy atom. The number of benzene rings is 2. The van der Waals surface area contributed by atoms with Gasteiger partial charge in [-0.2, -0.15) is 0 Å². The molecule has 2 aliphatic rings. The van der Waals surface area contributed by atoms with Crippen LogP contribution in [0.1, 0.15) is 28.7 Å². The predicted molar refractivity (Wildman–Crippen MR) is 102 cm³/mol. The molecule has 4 rings (SSSR count). The average molecular weight is 350 g/mol. The van der Waals surface area contributed by atoms with Crippen molar-refractivity contribution in [2.45, 2.75) is 24.9 Å². The first kappa shape index (κ1) is 17.2. The highest BCUT2D eigenvalue weighted by Gasteiger charge is 2.41. The van der Waals surface area contributed by atoms with Gasteiger partial charge in [0.2, 0.25) is 5.91 Å². The second-order valence-electron chi connectivity index (χ2n) is 7.45. The minimum atomic E-state index is -0.112. The van der Waals surface area contributed by atoms with Crippen LogP contribution in [0.15, 0.2) is 54.6 Å². The van der Waals surface area contributed by atoms with E-state index in [1.54, 1.807) is 0 Å². The van der Waals surface area contributed by atoms with Crippen LogP contribution in [0.5, 0.6) is 0 Å². The Balaban J connectivity index is 1.50. The zero-order valence-corrected chi connectivity index (χ0v) is 15.1. The largest absolute Gasteiger partial charge is 0.340 e. The van der Waals surface area contributed by atoms with E-state index in [1.807, 2.05) is 29.2 Å². The molecule has 1 amide bonds. The minimum absolute atomic E-state index is 0.00519. The van der Waals surface area contributed by atoms with Crippen LogP contribution in [-0.2, 0) is 4.79 Å². The molecule has 0 radical (unpaired) electrons. The van der Waals surface area contributed by atoms with Crippen LogP contribution in [0.4, 0.5) is 0 Å². The van der Waals surface area contributed by atoms with Gasteiger partial charge in [-0.05, 0) is 18.1 Å². The quantitative estimate of drug-likeness (QED) is 0.788. The van der Waals surface area contributed by atoms with E-state index >= 15 is 0 Å². The standard InChI is InChI=1S/C21H26N4O/c1-14-6-5-9-16(10-14)20-17(11-23-24-20)21(26)25-12-18(19(22)13-25)15-7-3-2-4-8-15/h2-10,17-20,23-24H,11-13,22H2,1H3/t17?,18-,19+,20?/m1/s1. The molecule has 0 aromatic heterocycles. The Labute approximate surface area is 154 Å². The van der Waals surface area contributed by atoms with Gasteiger partial charge >= 0.3 is 0 Å². The van der Waals surface area contributed by atoms with Gasteiger partial charge < -0.3 is 10.6 Å². The fraction of sp³-hybridized carbons (Fsp3) is 0.381. The molecule has 5 nitrogen and oxygen atoms in total. The summed E-state index contributed by atoms with van der Waals surface area (Å²) in [6, 6.07) is 18.6. The van der Waals surface area contributed by atoms with Crippen LogP contribution in [0.3, 0.4) is 0 Å². The SMILES string of the molecule is Cc1cccc(C2NNCC2C(=O)N2C[C@H](c3ccccc3)[C@@H](N)C2)c1. The molecule has 4 atom stereocenters. The fourth-order valence-electron chi connectivity index (χ4n) is 4.20. The molecule has 2 saturated heterocycles. The van der Waals surface area contributed by atoms with Gasteiger partial charge in [0.05, 0.1) is 12.0 Å². The Morgan fingerprint density at radius 3 is 2.62 bits per heavy atom. The molecule has 0 aliphatic carbocycles. The number of hydrazine groups is 1. The number of hydrogen-bond acceptors (Lipinski definition) is 4. The average Bonchev–Trinajstić information content (AvgIpc) is 3.29. The number of carbonyl (C=O) groups excluding carboxylic acids is 1. The normalized spacial score (nSPS) is 28.5. The lowest BCUT2D eigenvalue weighted by Crippen LogP contribution is -2.39. The number of aryl methyl sites for hydroxylation is 1. The molecule has 0 spiro atoms. The minimum Gasteiger partial charge on any atom is -0.340 e. The number of rotatable bonds is 3. The molecule has 2 fully saturated rings. The summed E-state index contributed by atoms with van der Waals surface area (Å²) in [6.07, 6.45) is 0. The maximum Gasteiger partial charge on any atom is 0.229 e. The number of nitrogens with one attached hydrogen (secondary N) is 2. The number of nitrogens with two attached hydrogens (primary N) is 1. The van der Waals surface area contributed by atoms with Gasteiger partial charge in [-0.25, -0.2) is 5.43 Å². The van der Waals surface area contributed by atoms with Crippen molar-refractivity contribution < 1.29 is 4.79 Å². The van der Waals surface area contributed by atoms with Crippen molar-refractivity contribution in [1.82, 2.24) is 15.8 Å². The highest BCUT2D eigenvalue weighted by molar-refractivity contribution is 5.81. The summed E-state index contributed by atoms with van der Waals surface area (Å²) in [5.41, 5.74) is 16.4. The van der Waals surface area contributed by atoms with E-state index in [0.29, 0.717) is 19.6 Å². The summed E-state index contributed by atoms with van der Waals surface area (Å²) in [4.78, 5) is 15.2. The molecule has 5 heteroatoms. The second-order valence-corrected chi connectivity index (χ2v) is 7.45. The Bertz CT molecular complexity index is 779. The van der Waals surface area contributed by atoms with E-state index in [2.05, 4.69) is 48.1 Å². The zero-order valence-electron chi connectivity index (χ0n) is 15.1. The number of likely N-dealkylation sites (tertiary alicyclic amines) is 1. The molecule has 2 heterocycles. The van der Waals surface area contributed by atoms with E-state index < -0.39 is 0 Å². The molecule has 2 unspecified atom stereocenters. The molecule has 4 N–H and O–H groups in total. The van der Waals surface area contributed by atoms with Crippen LogP contribution in [0.25, 0.3) is 0 Å². The van der Waals surface area contributed by atoms with Crippen molar-refractivity contribution in [3.63, 3.8) is 0 Å². The topological polar surface area (TPSA) is 70.4 Å². The Hall–Kier alpha value is -2.21. The number of carbonyl (C=O) groups is 1. The molecule has 136 valence electrons. The van der Waals surface area contributed by atoms with E-state index in [1.165, 1.54) is 11.1 Å². The highest BCUT2D eigenvalue weighted by atomic mass is 16.2. The second kappa shape index (κ2) is 7.19. The van der Waals surface area contributed by atoms with Crippen molar-refractivity contribution in [3.05, 3.63) is 71.3 Å². The van der Waals surface area contributed by atoms with Gasteiger partial charge in [0, 0.05) is 31.6 Å². The Morgan fingerprint density at radius 1 is 1.08 bits per heavy atom. The first-order valence-electron chi connectivity index (χ1n) is 9.28. The molecule has 2 aromatic rings. The van der Waals surface area contributed by atoms with Gasteiger partial charge in [0.1, 0.15) is 0 Å². The smallest absolute Gasteiger partial charge is 0.229 e. The summed E-state index contributed by atoms with van der Waals surface area (Å²) in [7, 11) is 0. The van der Waals surface area contributed by atoms with E-state index in [-0.39, 0.29) is 29.8 Å². The van der Waals surface area contributed by atoms with E-state index in [4.69, 9.17) is 5.73 Å². The summed E-state index contributed by atoms with van der Waals surface area (Å²) in [6.45, 7) is 4.03. The van der Waals surface area contributed by atoms with E-state index in [9.17, 15) is 4.79 Å². The molecular formula is C21H26N4O. The molecule has 2 aliphatic heterocycles. The molecular weight excluding hydrogens is 324 g/mol. The van der Waals surface area contributed by atoms with E-state index in [0.717, 1.165) is 5.56 Å². The molecule has 0 saturated carbocycles. The van der Waals surface area contributed by atoms with Crippen molar-refractivity contribution in [3.8, 4) is 0 Å². The van der Waals surface area contributed by atoms with Crippen molar-refractivity contribution >= 4 is 5.91 Å². The molecule has 26 heavy (non-hydrogen) atoms. The van der Waals surface area contributed by atoms with Gasteiger partial charge in [0.25, 0.3) is 0 Å². The van der Waals surface area contributed by atoms with Crippen LogP contribution in [0.2, 0.25) is 0 Å². The first-order chi connectivity index (χ1) is 12.6. The predicted octanol–water partition coefficient (Wildman–Crippen LogP) is 1.71. The van der Waals surface area contributed by atoms with Gasteiger partial charge in [-0.1, -0.05) is 60.2 Å². The lowest BCUT2D eigenvalue weighted by Gasteiger charge is -2.24. The van der Waals surface area contributed by atoms with Crippen LogP contribution < -0.4 is 16.6 Å². The van der Waals surface area contributed by atoms with Gasteiger partial charge in [0.15, 0.2) is 0 Å². The molecule has 0 bridgehead atoms. The summed E-state index contributed by atoms with van der Waals surface area (Å²) >= 11 is 0. The Kier molecular flexibility index (Phi) is 4.76. The van der Waals surface area contributed by atoms with Crippen molar-refractivity contribution in [1.29, 1.82) is 0 Å². The monoisotopic (exact) mass is 350 g/mol. The fourth-order valence-corrected chi connectivity index (χ4v) is 4.20. The maximum absolute atomic E-state index is 13.2. The number of nitrogens with zero attached hydrogens (tertiary/aromatic N) is 1. The zero-order chi connectivity index (χ0) is 18.1. The van der Waals surface area contributed by atoms with Crippen molar-refractivity contribution in [2.75, 3.05) is 19.6 Å². The van der Waals surface area contributed by atoms with Crippen molar-refractivity contribution in [2.24, 2.45) is 11.7 Å². The third-order valence-electron chi connectivity index (χ3n) is 5.60. The van der Waals surface area contributed by atoms with Crippen LogP contribution in [-0.4, -0.2) is 36.5 Å². The third-order valence-corrected chi connectivity index (χ3v) is 5.60. The van der Waals surface area contributed by atoms with Crippen LogP contribution >= 0.6 is 0 Å². The lowest BCUT2D eigenvalue weighted by atomic mass is 9.92. The van der Waals surface area contributed by atoms with Gasteiger partial charge in [-0.3, -0.25) is 10.2 Å². The maximum atomic E-state index is 13.2. The first-order valence-corrected chi connectivity index (χ1v) is 9.28. The summed E-state index contributed by atoms with van der Waals surface area (Å²) in [5, 5.41) is 0.